The topological polar surface area (TPSA) is 126 Å². The lowest BCUT2D eigenvalue weighted by Gasteiger charge is -2.33. The number of nitrogens with two attached hydrogens (primary N) is 1. The Morgan fingerprint density at radius 2 is 2.22 bits per heavy atom. The maximum atomic E-state index is 11.4. The summed E-state index contributed by atoms with van der Waals surface area (Å²) >= 11 is 0. The van der Waals surface area contributed by atoms with Crippen LogP contribution in [0.1, 0.15) is 33.1 Å². The number of hydrogen-bond donors (Lipinski definition) is 3. The van der Waals surface area contributed by atoms with Gasteiger partial charge in [0.1, 0.15) is 5.82 Å². The number of anilines is 1. The summed E-state index contributed by atoms with van der Waals surface area (Å²) in [6, 6.07) is 4.46. The lowest BCUT2D eigenvalue weighted by Crippen LogP contribution is -2.46. The molecular formula is C14H22N4O4S. The van der Waals surface area contributed by atoms with E-state index in [4.69, 9.17) is 5.14 Å². The third-order valence-corrected chi connectivity index (χ3v) is 4.92. The average Bonchev–Trinajstić information content (AvgIpc) is 2.73. The molecule has 0 bridgehead atoms. The van der Waals surface area contributed by atoms with E-state index in [9.17, 15) is 18.3 Å². The maximum Gasteiger partial charge on any atom is 0.407 e. The van der Waals surface area contributed by atoms with Gasteiger partial charge in [0.05, 0.1) is 0 Å². The third kappa shape index (κ3) is 4.11. The predicted octanol–water partition coefficient (Wildman–Crippen LogP) is 1.45. The highest BCUT2D eigenvalue weighted by molar-refractivity contribution is 7.89. The Balaban J connectivity index is 1.97. The van der Waals surface area contributed by atoms with E-state index in [1.807, 2.05) is 13.8 Å². The van der Waals surface area contributed by atoms with Gasteiger partial charge in [-0.1, -0.05) is 6.07 Å². The second kappa shape index (κ2) is 6.32. The van der Waals surface area contributed by atoms with Crippen molar-refractivity contribution in [2.45, 2.75) is 49.7 Å². The summed E-state index contributed by atoms with van der Waals surface area (Å²) in [5, 5.41) is 17.2. The molecule has 0 aromatic carbocycles. The number of rotatable bonds is 5. The number of aromatic nitrogens is 1. The van der Waals surface area contributed by atoms with Gasteiger partial charge < -0.3 is 15.3 Å². The first-order chi connectivity index (χ1) is 10.6. The molecule has 1 atom stereocenters. The van der Waals surface area contributed by atoms with Crippen LogP contribution < -0.4 is 10.5 Å². The fraction of sp³-hybridized carbons (Fsp3) is 0.571. The number of amides is 1. The molecule has 23 heavy (non-hydrogen) atoms. The number of primary sulfonamides is 1. The van der Waals surface area contributed by atoms with Gasteiger partial charge in [-0.3, -0.25) is 0 Å². The summed E-state index contributed by atoms with van der Waals surface area (Å²) in [6.07, 6.45) is 1.35. The number of pyridine rings is 1. The second-order valence-electron chi connectivity index (χ2n) is 6.28. The van der Waals surface area contributed by atoms with Crippen LogP contribution in [0, 0.1) is 0 Å². The number of nitrogens with zero attached hydrogens (tertiary/aromatic N) is 2. The van der Waals surface area contributed by atoms with Crippen LogP contribution >= 0.6 is 0 Å². The Morgan fingerprint density at radius 3 is 2.83 bits per heavy atom. The van der Waals surface area contributed by atoms with E-state index in [0.717, 1.165) is 12.8 Å². The van der Waals surface area contributed by atoms with Crippen LogP contribution in [0.15, 0.2) is 23.2 Å². The summed E-state index contributed by atoms with van der Waals surface area (Å²) in [5.74, 6) is 0.399. The first kappa shape index (κ1) is 17.5. The van der Waals surface area contributed by atoms with E-state index in [1.54, 1.807) is 12.1 Å². The van der Waals surface area contributed by atoms with E-state index < -0.39 is 16.1 Å². The lowest BCUT2D eigenvalue weighted by molar-refractivity contribution is 0.0947. The van der Waals surface area contributed by atoms with Crippen molar-refractivity contribution in [1.29, 1.82) is 0 Å². The molecule has 0 aliphatic carbocycles. The number of carbonyl (C=O) groups is 1. The number of hydrogen-bond acceptors (Lipinski definition) is 5. The molecule has 1 aromatic heterocycles. The zero-order chi connectivity index (χ0) is 17.3. The second-order valence-corrected chi connectivity index (χ2v) is 7.79. The molecule has 4 N–H and O–H groups in total. The minimum absolute atomic E-state index is 0.0589. The Morgan fingerprint density at radius 1 is 1.52 bits per heavy atom. The number of nitrogens with one attached hydrogen (secondary N) is 1. The molecule has 1 fully saturated rings. The fourth-order valence-electron chi connectivity index (χ4n) is 2.99. The summed E-state index contributed by atoms with van der Waals surface area (Å²) in [6.45, 7) is 4.34. The van der Waals surface area contributed by atoms with Crippen LogP contribution in [0.3, 0.4) is 0 Å². The highest BCUT2D eigenvalue weighted by atomic mass is 32.2. The molecule has 2 rings (SSSR count). The van der Waals surface area contributed by atoms with Crippen molar-refractivity contribution in [3.05, 3.63) is 18.2 Å². The molecule has 8 nitrogen and oxygen atoms in total. The standard InChI is InChI=1S/C14H22N4O4S/c1-14(2)8-6-10(18(14)13(19)20)7-9-16-11-4-3-5-12(17-11)23(15,21)22/h3-5,10H,6-9H2,1-2H3,(H,16,17)(H,19,20)(H2,15,21,22)/t10-/m0/s1. The van der Waals surface area contributed by atoms with Gasteiger partial charge in [0.25, 0.3) is 10.0 Å². The van der Waals surface area contributed by atoms with Crippen molar-refractivity contribution >= 4 is 21.9 Å². The normalized spacial score (nSPS) is 20.5. The summed E-state index contributed by atoms with van der Waals surface area (Å²) in [4.78, 5) is 16.9. The minimum Gasteiger partial charge on any atom is -0.465 e. The van der Waals surface area contributed by atoms with Gasteiger partial charge >= 0.3 is 6.09 Å². The lowest BCUT2D eigenvalue weighted by atomic mass is 10.0. The van der Waals surface area contributed by atoms with Gasteiger partial charge in [-0.25, -0.2) is 23.3 Å². The molecule has 0 spiro atoms. The number of carboxylic acid groups (broad SMARTS) is 1. The van der Waals surface area contributed by atoms with Gasteiger partial charge in [-0.05, 0) is 45.2 Å². The highest BCUT2D eigenvalue weighted by Gasteiger charge is 2.42. The monoisotopic (exact) mass is 342 g/mol. The SMILES string of the molecule is CC1(C)CC[C@@H](CCNc2cccc(S(N)(=O)=O)n2)N1C(=O)O. The van der Waals surface area contributed by atoms with E-state index in [2.05, 4.69) is 10.3 Å². The fourth-order valence-corrected chi connectivity index (χ4v) is 3.48. The summed E-state index contributed by atoms with van der Waals surface area (Å²) < 4.78 is 22.5. The molecule has 1 aliphatic rings. The quantitative estimate of drug-likeness (QED) is 0.743. The van der Waals surface area contributed by atoms with Gasteiger partial charge in [0.15, 0.2) is 5.03 Å². The van der Waals surface area contributed by atoms with E-state index in [1.165, 1.54) is 11.0 Å². The zero-order valence-corrected chi connectivity index (χ0v) is 14.0. The van der Waals surface area contributed by atoms with Crippen LogP contribution in [0.5, 0.6) is 0 Å². The van der Waals surface area contributed by atoms with Crippen molar-refractivity contribution in [2.24, 2.45) is 5.14 Å². The van der Waals surface area contributed by atoms with E-state index >= 15 is 0 Å². The summed E-state index contributed by atoms with van der Waals surface area (Å²) in [5.41, 5.74) is -0.359. The Hall–Kier alpha value is -1.87. The number of sulfonamides is 1. The molecule has 0 saturated carbocycles. The average molecular weight is 342 g/mol. The zero-order valence-electron chi connectivity index (χ0n) is 13.2. The van der Waals surface area contributed by atoms with Crippen molar-refractivity contribution in [2.75, 3.05) is 11.9 Å². The van der Waals surface area contributed by atoms with Crippen molar-refractivity contribution in [1.82, 2.24) is 9.88 Å². The van der Waals surface area contributed by atoms with Crippen LogP contribution in [0.25, 0.3) is 0 Å². The van der Waals surface area contributed by atoms with Crippen LogP contribution in [-0.4, -0.2) is 47.6 Å². The van der Waals surface area contributed by atoms with Crippen molar-refractivity contribution < 1.29 is 18.3 Å². The highest BCUT2D eigenvalue weighted by Crippen LogP contribution is 2.34. The molecule has 128 valence electrons. The van der Waals surface area contributed by atoms with Crippen molar-refractivity contribution in [3.63, 3.8) is 0 Å². The van der Waals surface area contributed by atoms with Crippen molar-refractivity contribution in [3.8, 4) is 0 Å². The molecule has 1 aromatic rings. The predicted molar refractivity (Wildman–Crippen MR) is 85.7 cm³/mol. The van der Waals surface area contributed by atoms with Gasteiger partial charge in [0.2, 0.25) is 0 Å². The van der Waals surface area contributed by atoms with Gasteiger partial charge in [-0.15, -0.1) is 0 Å². The first-order valence-electron chi connectivity index (χ1n) is 7.37. The molecule has 2 heterocycles. The molecular weight excluding hydrogens is 320 g/mol. The number of likely N-dealkylation sites (tertiary alicyclic amines) is 1. The first-order valence-corrected chi connectivity index (χ1v) is 8.92. The molecule has 0 unspecified atom stereocenters. The van der Waals surface area contributed by atoms with Gasteiger partial charge in [0, 0.05) is 18.1 Å². The largest absolute Gasteiger partial charge is 0.465 e. The van der Waals surface area contributed by atoms with E-state index in [0.29, 0.717) is 18.8 Å². The van der Waals surface area contributed by atoms with Gasteiger partial charge in [-0.2, -0.15) is 0 Å². The summed E-state index contributed by atoms with van der Waals surface area (Å²) in [7, 11) is -3.84. The molecule has 9 heteroatoms. The third-order valence-electron chi connectivity index (χ3n) is 4.11. The molecule has 0 radical (unpaired) electrons. The molecule has 1 saturated heterocycles. The van der Waals surface area contributed by atoms with E-state index in [-0.39, 0.29) is 16.6 Å². The Labute approximate surface area is 135 Å². The molecule has 1 amide bonds. The Bertz CT molecular complexity index is 690. The Kier molecular flexibility index (Phi) is 4.81. The smallest absolute Gasteiger partial charge is 0.407 e. The van der Waals surface area contributed by atoms with Crippen LogP contribution in [0.2, 0.25) is 0 Å². The maximum absolute atomic E-state index is 11.4. The van der Waals surface area contributed by atoms with Crippen LogP contribution in [0.4, 0.5) is 10.6 Å². The molecule has 1 aliphatic heterocycles. The van der Waals surface area contributed by atoms with Crippen LogP contribution in [-0.2, 0) is 10.0 Å². The minimum atomic E-state index is -3.84.